The van der Waals surface area contributed by atoms with E-state index in [2.05, 4.69) is 15.5 Å². The van der Waals surface area contributed by atoms with Crippen molar-refractivity contribution in [2.45, 2.75) is 13.0 Å². The van der Waals surface area contributed by atoms with E-state index in [1.165, 1.54) is 0 Å². The van der Waals surface area contributed by atoms with Crippen LogP contribution in [0.2, 0.25) is 0 Å². The Labute approximate surface area is 139 Å². The van der Waals surface area contributed by atoms with Crippen molar-refractivity contribution in [1.82, 2.24) is 10.2 Å². The Bertz CT molecular complexity index is 867. The number of aliphatic hydroxyl groups is 2. The van der Waals surface area contributed by atoms with Crippen molar-refractivity contribution < 1.29 is 15.3 Å². The normalized spacial score (nSPS) is 12.3. The lowest BCUT2D eigenvalue weighted by atomic mass is 10.0. The second kappa shape index (κ2) is 6.82. The van der Waals surface area contributed by atoms with Gasteiger partial charge in [0.2, 0.25) is 0 Å². The van der Waals surface area contributed by atoms with E-state index in [-0.39, 0.29) is 18.9 Å². The number of benzene rings is 2. The highest BCUT2D eigenvalue weighted by molar-refractivity contribution is 6.00. The van der Waals surface area contributed by atoms with E-state index < -0.39 is 6.10 Å². The number of phenolic OH excluding ortho intramolecular Hbond substituents is 1. The van der Waals surface area contributed by atoms with Crippen molar-refractivity contribution in [2.24, 2.45) is 0 Å². The maximum absolute atomic E-state index is 10.2. The molecule has 3 aromatic rings. The second-order valence-electron chi connectivity index (χ2n) is 5.68. The van der Waals surface area contributed by atoms with Crippen molar-refractivity contribution in [3.63, 3.8) is 0 Å². The topological polar surface area (TPSA) is 98.5 Å². The number of phenols is 1. The highest BCUT2D eigenvalue weighted by atomic mass is 16.3. The van der Waals surface area contributed by atoms with E-state index >= 15 is 0 Å². The molecule has 0 aliphatic carbocycles. The number of aromatic nitrogens is 2. The molecule has 2 aromatic carbocycles. The molecule has 0 fully saturated rings. The summed E-state index contributed by atoms with van der Waals surface area (Å²) in [6.45, 7) is 1.75. The summed E-state index contributed by atoms with van der Waals surface area (Å²) in [6.07, 6.45) is -0.869. The maximum atomic E-state index is 10.2. The van der Waals surface area contributed by atoms with E-state index in [0.717, 1.165) is 16.3 Å². The van der Waals surface area contributed by atoms with Gasteiger partial charge in [-0.25, -0.2) is 0 Å². The van der Waals surface area contributed by atoms with Crippen molar-refractivity contribution >= 4 is 16.6 Å². The summed E-state index contributed by atoms with van der Waals surface area (Å²) in [6, 6.07) is 13.0. The minimum Gasteiger partial charge on any atom is -0.507 e. The largest absolute Gasteiger partial charge is 0.507 e. The lowest BCUT2D eigenvalue weighted by Gasteiger charge is -2.13. The molecule has 0 spiro atoms. The minimum absolute atomic E-state index is 0.158. The number of aliphatic hydroxyl groups excluding tert-OH is 2. The number of nitrogens with zero attached hydrogens (tertiary/aromatic N) is 2. The number of aromatic hydroxyl groups is 1. The molecule has 0 saturated heterocycles. The Balaban J connectivity index is 2.08. The van der Waals surface area contributed by atoms with Gasteiger partial charge in [0.25, 0.3) is 0 Å². The van der Waals surface area contributed by atoms with Crippen LogP contribution in [0.15, 0.2) is 42.5 Å². The second-order valence-corrected chi connectivity index (χ2v) is 5.68. The van der Waals surface area contributed by atoms with E-state index in [0.29, 0.717) is 17.1 Å². The van der Waals surface area contributed by atoms with Gasteiger partial charge in [-0.15, -0.1) is 10.2 Å². The lowest BCUT2D eigenvalue weighted by Crippen LogP contribution is -2.23. The monoisotopic (exact) mass is 325 g/mol. The van der Waals surface area contributed by atoms with Gasteiger partial charge in [0.05, 0.1) is 12.7 Å². The van der Waals surface area contributed by atoms with Crippen LogP contribution in [0.3, 0.4) is 0 Å². The molecule has 0 bridgehead atoms. The third kappa shape index (κ3) is 3.15. The van der Waals surface area contributed by atoms with Gasteiger partial charge in [0.1, 0.15) is 11.4 Å². The molecule has 0 unspecified atom stereocenters. The van der Waals surface area contributed by atoms with Gasteiger partial charge >= 0.3 is 0 Å². The Morgan fingerprint density at radius 1 is 1.08 bits per heavy atom. The van der Waals surface area contributed by atoms with Crippen LogP contribution in [0.5, 0.6) is 5.75 Å². The highest BCUT2D eigenvalue weighted by Crippen LogP contribution is 2.34. The molecule has 1 atom stereocenters. The molecular weight excluding hydrogens is 306 g/mol. The Morgan fingerprint density at radius 3 is 2.54 bits per heavy atom. The van der Waals surface area contributed by atoms with Crippen molar-refractivity contribution in [3.05, 3.63) is 48.0 Å². The molecule has 0 aliphatic heterocycles. The van der Waals surface area contributed by atoms with E-state index in [9.17, 15) is 10.2 Å². The van der Waals surface area contributed by atoms with E-state index in [1.807, 2.05) is 43.3 Å². The predicted molar refractivity (Wildman–Crippen MR) is 93.0 cm³/mol. The number of fused-ring (bicyclic) bond motifs is 1. The molecule has 0 aliphatic rings. The molecule has 24 heavy (non-hydrogen) atoms. The van der Waals surface area contributed by atoms with E-state index in [4.69, 9.17) is 5.11 Å². The van der Waals surface area contributed by atoms with Gasteiger partial charge in [0, 0.05) is 22.9 Å². The summed E-state index contributed by atoms with van der Waals surface area (Å²) in [7, 11) is 0. The third-order valence-electron chi connectivity index (χ3n) is 3.81. The summed E-state index contributed by atoms with van der Waals surface area (Å²) in [4.78, 5) is 0. The molecule has 1 aromatic heterocycles. The summed E-state index contributed by atoms with van der Waals surface area (Å²) < 4.78 is 0. The van der Waals surface area contributed by atoms with Gasteiger partial charge in [0.15, 0.2) is 5.82 Å². The Hall–Kier alpha value is -2.70. The average Bonchev–Trinajstić information content (AvgIpc) is 2.60. The molecule has 0 radical (unpaired) electrons. The zero-order valence-corrected chi connectivity index (χ0v) is 13.3. The van der Waals surface area contributed by atoms with Gasteiger partial charge in [-0.3, -0.25) is 0 Å². The summed E-state index contributed by atoms with van der Waals surface area (Å²) in [5.41, 5.74) is 2.17. The number of hydrogen-bond acceptors (Lipinski definition) is 6. The number of nitrogens with one attached hydrogen (secondary N) is 1. The molecule has 0 saturated carbocycles. The Kier molecular flexibility index (Phi) is 4.59. The van der Waals surface area contributed by atoms with Crippen molar-refractivity contribution in [3.8, 4) is 17.0 Å². The SMILES string of the molecule is Cc1ccc(-c2nnc(NC[C@@H](O)CO)c3ccccc23)c(O)c1. The molecule has 4 N–H and O–H groups in total. The van der Waals surface area contributed by atoms with E-state index in [1.54, 1.807) is 6.07 Å². The summed E-state index contributed by atoms with van der Waals surface area (Å²) >= 11 is 0. The van der Waals surface area contributed by atoms with Crippen LogP contribution < -0.4 is 5.32 Å². The van der Waals surface area contributed by atoms with Crippen LogP contribution in [-0.2, 0) is 0 Å². The fourth-order valence-electron chi connectivity index (χ4n) is 2.55. The van der Waals surface area contributed by atoms with Gasteiger partial charge < -0.3 is 20.6 Å². The highest BCUT2D eigenvalue weighted by Gasteiger charge is 2.14. The lowest BCUT2D eigenvalue weighted by molar-refractivity contribution is 0.105. The fourth-order valence-corrected chi connectivity index (χ4v) is 2.55. The molecule has 6 nitrogen and oxygen atoms in total. The number of anilines is 1. The molecule has 3 rings (SSSR count). The van der Waals surface area contributed by atoms with Gasteiger partial charge in [-0.05, 0) is 24.6 Å². The van der Waals surface area contributed by atoms with Crippen molar-refractivity contribution in [2.75, 3.05) is 18.5 Å². The first-order valence-corrected chi connectivity index (χ1v) is 7.68. The van der Waals surface area contributed by atoms with Crippen LogP contribution in [0.4, 0.5) is 5.82 Å². The van der Waals surface area contributed by atoms with Gasteiger partial charge in [-0.1, -0.05) is 30.3 Å². The van der Waals surface area contributed by atoms with Crippen LogP contribution in [-0.4, -0.2) is 44.8 Å². The first kappa shape index (κ1) is 16.2. The standard InChI is InChI=1S/C18H19N3O3/c1-11-6-7-15(16(24)8-11)17-13-4-2-3-5-14(13)18(21-20-17)19-9-12(23)10-22/h2-8,12,22-24H,9-10H2,1H3,(H,19,21)/t12-/m1/s1. The number of hydrogen-bond donors (Lipinski definition) is 4. The molecule has 124 valence electrons. The minimum atomic E-state index is -0.869. The van der Waals surface area contributed by atoms with Crippen LogP contribution in [0.1, 0.15) is 5.56 Å². The number of rotatable bonds is 5. The van der Waals surface area contributed by atoms with Crippen LogP contribution in [0.25, 0.3) is 22.0 Å². The van der Waals surface area contributed by atoms with Gasteiger partial charge in [-0.2, -0.15) is 0 Å². The number of aryl methyl sites for hydroxylation is 1. The Morgan fingerprint density at radius 2 is 1.83 bits per heavy atom. The first-order chi connectivity index (χ1) is 11.6. The molecule has 6 heteroatoms. The molecular formula is C18H19N3O3. The van der Waals surface area contributed by atoms with Crippen LogP contribution in [0, 0.1) is 6.92 Å². The quantitative estimate of drug-likeness (QED) is 0.573. The zero-order chi connectivity index (χ0) is 17.1. The summed E-state index contributed by atoms with van der Waals surface area (Å²) in [5.74, 6) is 0.680. The maximum Gasteiger partial charge on any atom is 0.156 e. The smallest absolute Gasteiger partial charge is 0.156 e. The fraction of sp³-hybridized carbons (Fsp3) is 0.222. The van der Waals surface area contributed by atoms with Crippen molar-refractivity contribution in [1.29, 1.82) is 0 Å². The van der Waals surface area contributed by atoms with Crippen LogP contribution >= 0.6 is 0 Å². The first-order valence-electron chi connectivity index (χ1n) is 7.68. The molecule has 0 amide bonds. The summed E-state index contributed by atoms with van der Waals surface area (Å²) in [5, 5.41) is 41.8. The zero-order valence-electron chi connectivity index (χ0n) is 13.3. The molecule has 1 heterocycles. The average molecular weight is 325 g/mol. The third-order valence-corrected chi connectivity index (χ3v) is 3.81. The predicted octanol–water partition coefficient (Wildman–Crippen LogP) is 2.08.